The van der Waals surface area contributed by atoms with Gasteiger partial charge in [0.15, 0.2) is 5.82 Å². The number of fused-ring (bicyclic) bond motifs is 1. The fourth-order valence-corrected chi connectivity index (χ4v) is 2.85. The van der Waals surface area contributed by atoms with Crippen LogP contribution >= 0.6 is 0 Å². The lowest BCUT2D eigenvalue weighted by Crippen LogP contribution is -2.35. The van der Waals surface area contributed by atoms with Gasteiger partial charge in [0.1, 0.15) is 16.2 Å². The zero-order valence-electron chi connectivity index (χ0n) is 10.5. The normalized spacial score (nSPS) is 13.7. The highest BCUT2D eigenvalue weighted by Gasteiger charge is 2.19. The fraction of sp³-hybridized carbons (Fsp3) is 0.500. The van der Waals surface area contributed by atoms with Crippen molar-refractivity contribution in [3.05, 3.63) is 18.7 Å². The summed E-state index contributed by atoms with van der Waals surface area (Å²) in [5.41, 5.74) is 0.611. The molecular weight excluding hydrogens is 254 g/mol. The van der Waals surface area contributed by atoms with E-state index in [4.69, 9.17) is 0 Å². The lowest BCUT2D eigenvalue weighted by molar-refractivity contribution is 0.592. The van der Waals surface area contributed by atoms with Crippen molar-refractivity contribution >= 4 is 21.3 Å². The van der Waals surface area contributed by atoms with Gasteiger partial charge in [-0.3, -0.25) is 4.40 Å². The molecule has 0 amide bonds. The Bertz CT molecular complexity index is 651. The standard InChI is InChI=1S/C10H15N5O2S/c1-8(6-18(3,16)17)14(2)9-10-13-12-7-15(10)5-4-11-9/h4-5,7-8H,6H2,1-3H3. The van der Waals surface area contributed by atoms with Crippen molar-refractivity contribution in [1.29, 1.82) is 0 Å². The van der Waals surface area contributed by atoms with Gasteiger partial charge in [-0.15, -0.1) is 10.2 Å². The topological polar surface area (TPSA) is 80.5 Å². The van der Waals surface area contributed by atoms with Crippen LogP contribution in [0.2, 0.25) is 0 Å². The first-order chi connectivity index (χ1) is 8.38. The summed E-state index contributed by atoms with van der Waals surface area (Å²) in [4.78, 5) is 6.03. The highest BCUT2D eigenvalue weighted by molar-refractivity contribution is 7.90. The molecule has 0 aliphatic heterocycles. The van der Waals surface area contributed by atoms with E-state index in [1.807, 2.05) is 6.92 Å². The van der Waals surface area contributed by atoms with Gasteiger partial charge in [-0.25, -0.2) is 13.4 Å². The van der Waals surface area contributed by atoms with Gasteiger partial charge in [0.05, 0.1) is 5.75 Å². The highest BCUT2D eigenvalue weighted by atomic mass is 32.2. The molecule has 7 nitrogen and oxygen atoms in total. The Hall–Kier alpha value is -1.70. The Balaban J connectivity index is 2.33. The summed E-state index contributed by atoms with van der Waals surface area (Å²) in [6, 6.07) is -0.185. The van der Waals surface area contributed by atoms with Crippen LogP contribution in [0.3, 0.4) is 0 Å². The molecule has 2 rings (SSSR count). The van der Waals surface area contributed by atoms with Gasteiger partial charge < -0.3 is 4.90 Å². The van der Waals surface area contributed by atoms with Crippen LogP contribution in [-0.4, -0.2) is 53.1 Å². The molecule has 0 saturated carbocycles. The Morgan fingerprint density at radius 2 is 2.22 bits per heavy atom. The SMILES string of the molecule is CC(CS(C)(=O)=O)N(C)c1nccn2cnnc12. The zero-order chi connectivity index (χ0) is 13.3. The largest absolute Gasteiger partial charge is 0.353 e. The van der Waals surface area contributed by atoms with Gasteiger partial charge in [0.25, 0.3) is 0 Å². The van der Waals surface area contributed by atoms with E-state index in [2.05, 4.69) is 15.2 Å². The monoisotopic (exact) mass is 269 g/mol. The maximum Gasteiger partial charge on any atom is 0.203 e. The molecule has 8 heteroatoms. The van der Waals surface area contributed by atoms with Crippen molar-refractivity contribution in [3.63, 3.8) is 0 Å². The van der Waals surface area contributed by atoms with Crippen molar-refractivity contribution in [2.45, 2.75) is 13.0 Å². The summed E-state index contributed by atoms with van der Waals surface area (Å²) in [5.74, 6) is 0.687. The number of nitrogens with zero attached hydrogens (tertiary/aromatic N) is 5. The maximum atomic E-state index is 11.3. The molecule has 0 fully saturated rings. The second kappa shape index (κ2) is 4.52. The molecular formula is C10H15N5O2S. The van der Waals surface area contributed by atoms with E-state index in [-0.39, 0.29) is 11.8 Å². The number of hydrogen-bond acceptors (Lipinski definition) is 6. The lowest BCUT2D eigenvalue weighted by Gasteiger charge is -2.25. The van der Waals surface area contributed by atoms with Gasteiger partial charge in [-0.05, 0) is 6.92 Å². The van der Waals surface area contributed by atoms with Gasteiger partial charge in [-0.2, -0.15) is 0 Å². The van der Waals surface area contributed by atoms with Crippen molar-refractivity contribution < 1.29 is 8.42 Å². The van der Waals surface area contributed by atoms with Crippen LogP contribution in [0.15, 0.2) is 18.7 Å². The van der Waals surface area contributed by atoms with Crippen molar-refractivity contribution in [1.82, 2.24) is 19.6 Å². The molecule has 1 atom stereocenters. The number of sulfone groups is 1. The van der Waals surface area contributed by atoms with Crippen LogP contribution in [0.4, 0.5) is 5.82 Å². The first-order valence-electron chi connectivity index (χ1n) is 5.43. The minimum Gasteiger partial charge on any atom is -0.353 e. The lowest BCUT2D eigenvalue weighted by atomic mass is 10.3. The second-order valence-electron chi connectivity index (χ2n) is 4.37. The van der Waals surface area contributed by atoms with Crippen molar-refractivity contribution in [2.75, 3.05) is 24.0 Å². The summed E-state index contributed by atoms with van der Waals surface area (Å²) < 4.78 is 24.4. The molecule has 2 aromatic rings. The number of anilines is 1. The smallest absolute Gasteiger partial charge is 0.203 e. The van der Waals surface area contributed by atoms with Crippen LogP contribution in [0, 0.1) is 0 Å². The first kappa shape index (κ1) is 12.7. The van der Waals surface area contributed by atoms with Gasteiger partial charge in [-0.1, -0.05) is 0 Å². The third-order valence-electron chi connectivity index (χ3n) is 2.74. The number of aromatic nitrogens is 4. The van der Waals surface area contributed by atoms with E-state index in [1.54, 1.807) is 35.1 Å². The molecule has 0 spiro atoms. The number of rotatable bonds is 4. The van der Waals surface area contributed by atoms with Crippen LogP contribution in [-0.2, 0) is 9.84 Å². The van der Waals surface area contributed by atoms with E-state index in [9.17, 15) is 8.42 Å². The summed E-state index contributed by atoms with van der Waals surface area (Å²) in [7, 11) is -1.23. The zero-order valence-corrected chi connectivity index (χ0v) is 11.3. The number of hydrogen-bond donors (Lipinski definition) is 0. The molecule has 0 aromatic carbocycles. The first-order valence-corrected chi connectivity index (χ1v) is 7.49. The molecule has 1 unspecified atom stereocenters. The van der Waals surface area contributed by atoms with Gasteiger partial charge in [0, 0.05) is 31.7 Å². The minimum absolute atomic E-state index is 0.0698. The summed E-state index contributed by atoms with van der Waals surface area (Å²) in [5, 5.41) is 7.78. The fourth-order valence-electron chi connectivity index (χ4n) is 1.75. The van der Waals surface area contributed by atoms with Crippen LogP contribution < -0.4 is 4.90 Å². The van der Waals surface area contributed by atoms with Crippen LogP contribution in [0.5, 0.6) is 0 Å². The Kier molecular flexibility index (Phi) is 3.20. The second-order valence-corrected chi connectivity index (χ2v) is 6.55. The molecule has 18 heavy (non-hydrogen) atoms. The molecule has 0 aliphatic rings. The van der Waals surface area contributed by atoms with E-state index < -0.39 is 9.84 Å². The molecule has 0 N–H and O–H groups in total. The van der Waals surface area contributed by atoms with E-state index >= 15 is 0 Å². The molecule has 2 aromatic heterocycles. The van der Waals surface area contributed by atoms with E-state index in [0.29, 0.717) is 11.5 Å². The predicted octanol–water partition coefficient (Wildman–Crippen LogP) is -0.00640. The quantitative estimate of drug-likeness (QED) is 0.777. The van der Waals surface area contributed by atoms with Gasteiger partial charge >= 0.3 is 0 Å². The predicted molar refractivity (Wildman–Crippen MR) is 68.4 cm³/mol. The summed E-state index contributed by atoms with van der Waals surface area (Å²) in [6.45, 7) is 1.84. The van der Waals surface area contributed by atoms with Crippen LogP contribution in [0.1, 0.15) is 6.92 Å². The van der Waals surface area contributed by atoms with E-state index in [0.717, 1.165) is 0 Å². The Morgan fingerprint density at radius 3 is 2.89 bits per heavy atom. The van der Waals surface area contributed by atoms with Crippen molar-refractivity contribution in [3.8, 4) is 0 Å². The molecule has 2 heterocycles. The average Bonchev–Trinajstić information content (AvgIpc) is 2.73. The Morgan fingerprint density at radius 1 is 1.50 bits per heavy atom. The maximum absolute atomic E-state index is 11.3. The average molecular weight is 269 g/mol. The van der Waals surface area contributed by atoms with Gasteiger partial charge in [0.2, 0.25) is 5.65 Å². The minimum atomic E-state index is -3.03. The summed E-state index contributed by atoms with van der Waals surface area (Å²) >= 11 is 0. The van der Waals surface area contributed by atoms with Crippen LogP contribution in [0.25, 0.3) is 5.65 Å². The third-order valence-corrected chi connectivity index (χ3v) is 3.82. The van der Waals surface area contributed by atoms with E-state index in [1.165, 1.54) is 6.26 Å². The summed E-state index contributed by atoms with van der Waals surface area (Å²) in [6.07, 6.45) is 6.18. The highest BCUT2D eigenvalue weighted by Crippen LogP contribution is 2.17. The molecule has 0 radical (unpaired) electrons. The molecule has 98 valence electrons. The van der Waals surface area contributed by atoms with Crippen molar-refractivity contribution in [2.24, 2.45) is 0 Å². The molecule has 0 bridgehead atoms. The molecule has 0 aliphatic carbocycles. The third kappa shape index (κ3) is 2.58. The molecule has 0 saturated heterocycles. The Labute approximate surface area is 105 Å².